The van der Waals surface area contributed by atoms with Crippen molar-refractivity contribution < 1.29 is 0 Å². The summed E-state index contributed by atoms with van der Waals surface area (Å²) in [7, 11) is 0. The Morgan fingerprint density at radius 1 is 1.26 bits per heavy atom. The number of imidazole rings is 1. The van der Waals surface area contributed by atoms with E-state index in [9.17, 15) is 0 Å². The van der Waals surface area contributed by atoms with Crippen molar-refractivity contribution in [3.8, 4) is 6.07 Å². The lowest BCUT2D eigenvalue weighted by Gasteiger charge is -2.07. The first-order valence-electron chi connectivity index (χ1n) is 6.05. The standard InChI is InChI=1S/C15H12N4/c1-11-18-14-4-2-3-5-15(14)19(11)10-12-6-7-17-13(8-12)9-16/h2-8H,10H2,1H3. The lowest BCUT2D eigenvalue weighted by molar-refractivity contribution is 0.784. The second kappa shape index (κ2) is 4.54. The first-order valence-corrected chi connectivity index (χ1v) is 6.05. The maximum Gasteiger partial charge on any atom is 0.140 e. The van der Waals surface area contributed by atoms with Crippen LogP contribution in [-0.4, -0.2) is 14.5 Å². The molecule has 1 aromatic carbocycles. The monoisotopic (exact) mass is 248 g/mol. The van der Waals surface area contributed by atoms with E-state index in [1.54, 1.807) is 6.20 Å². The van der Waals surface area contributed by atoms with Crippen molar-refractivity contribution in [2.75, 3.05) is 0 Å². The Bertz CT molecular complexity index is 780. The number of rotatable bonds is 2. The van der Waals surface area contributed by atoms with Crippen LogP contribution in [0.4, 0.5) is 0 Å². The predicted octanol–water partition coefficient (Wildman–Crippen LogP) is 2.66. The molecule has 19 heavy (non-hydrogen) atoms. The highest BCUT2D eigenvalue weighted by Gasteiger charge is 2.07. The van der Waals surface area contributed by atoms with Crippen molar-refractivity contribution in [2.24, 2.45) is 0 Å². The molecule has 2 aromatic heterocycles. The van der Waals surface area contributed by atoms with Crippen LogP contribution in [0.1, 0.15) is 17.1 Å². The van der Waals surface area contributed by atoms with Gasteiger partial charge in [-0.2, -0.15) is 5.26 Å². The predicted molar refractivity (Wildman–Crippen MR) is 72.5 cm³/mol. The SMILES string of the molecule is Cc1nc2ccccc2n1Cc1ccnc(C#N)c1. The minimum atomic E-state index is 0.444. The Morgan fingerprint density at radius 3 is 2.95 bits per heavy atom. The Balaban J connectivity index is 2.06. The summed E-state index contributed by atoms with van der Waals surface area (Å²) in [5.74, 6) is 0.969. The molecule has 0 radical (unpaired) electrons. The summed E-state index contributed by atoms with van der Waals surface area (Å²) in [5.41, 5.74) is 3.60. The second-order valence-electron chi connectivity index (χ2n) is 4.40. The molecule has 2 heterocycles. The molecule has 0 amide bonds. The van der Waals surface area contributed by atoms with Crippen LogP contribution < -0.4 is 0 Å². The molecular formula is C15H12N4. The van der Waals surface area contributed by atoms with E-state index in [0.717, 1.165) is 22.4 Å². The van der Waals surface area contributed by atoms with Gasteiger partial charge in [0.05, 0.1) is 11.0 Å². The summed E-state index contributed by atoms with van der Waals surface area (Å²) in [6.07, 6.45) is 1.67. The van der Waals surface area contributed by atoms with Gasteiger partial charge in [0.15, 0.2) is 0 Å². The summed E-state index contributed by atoms with van der Waals surface area (Å²) in [6, 6.07) is 13.9. The minimum Gasteiger partial charge on any atom is -0.324 e. The minimum absolute atomic E-state index is 0.444. The van der Waals surface area contributed by atoms with Gasteiger partial charge >= 0.3 is 0 Å². The van der Waals surface area contributed by atoms with E-state index in [-0.39, 0.29) is 0 Å². The lowest BCUT2D eigenvalue weighted by atomic mass is 10.2. The van der Waals surface area contributed by atoms with E-state index in [1.807, 2.05) is 37.3 Å². The number of benzene rings is 1. The lowest BCUT2D eigenvalue weighted by Crippen LogP contribution is -2.02. The Kier molecular flexibility index (Phi) is 2.73. The van der Waals surface area contributed by atoms with E-state index in [0.29, 0.717) is 12.2 Å². The Morgan fingerprint density at radius 2 is 2.11 bits per heavy atom. The quantitative estimate of drug-likeness (QED) is 0.700. The number of hydrogen-bond donors (Lipinski definition) is 0. The largest absolute Gasteiger partial charge is 0.324 e. The van der Waals surface area contributed by atoms with Crippen molar-refractivity contribution in [3.05, 3.63) is 59.7 Å². The van der Waals surface area contributed by atoms with Crippen LogP contribution in [0, 0.1) is 18.3 Å². The first kappa shape index (κ1) is 11.4. The second-order valence-corrected chi connectivity index (χ2v) is 4.40. The van der Waals surface area contributed by atoms with Gasteiger partial charge < -0.3 is 4.57 Å². The van der Waals surface area contributed by atoms with Crippen molar-refractivity contribution in [1.29, 1.82) is 5.26 Å². The van der Waals surface area contributed by atoms with Gasteiger partial charge in [-0.15, -0.1) is 0 Å². The Labute approximate surface area is 111 Å². The maximum atomic E-state index is 8.88. The number of hydrogen-bond acceptors (Lipinski definition) is 3. The van der Waals surface area contributed by atoms with Crippen LogP contribution in [-0.2, 0) is 6.54 Å². The van der Waals surface area contributed by atoms with Gasteiger partial charge in [0.2, 0.25) is 0 Å². The third-order valence-corrected chi connectivity index (χ3v) is 3.12. The third kappa shape index (κ3) is 2.06. The van der Waals surface area contributed by atoms with Gasteiger partial charge in [-0.3, -0.25) is 0 Å². The molecule has 0 spiro atoms. The molecule has 0 N–H and O–H groups in total. The molecule has 0 unspecified atom stereocenters. The van der Waals surface area contributed by atoms with Crippen LogP contribution in [0.25, 0.3) is 11.0 Å². The number of aromatic nitrogens is 3. The van der Waals surface area contributed by atoms with Gasteiger partial charge in [0.1, 0.15) is 17.6 Å². The van der Waals surface area contributed by atoms with Gasteiger partial charge in [-0.1, -0.05) is 12.1 Å². The number of aryl methyl sites for hydroxylation is 1. The normalized spacial score (nSPS) is 10.5. The van der Waals surface area contributed by atoms with E-state index in [4.69, 9.17) is 5.26 Å². The topological polar surface area (TPSA) is 54.5 Å². The highest BCUT2D eigenvalue weighted by molar-refractivity contribution is 5.75. The van der Waals surface area contributed by atoms with E-state index in [2.05, 4.69) is 26.7 Å². The number of pyridine rings is 1. The van der Waals surface area contributed by atoms with Gasteiger partial charge in [-0.25, -0.2) is 9.97 Å². The Hall–Kier alpha value is -2.67. The molecule has 3 rings (SSSR count). The van der Waals surface area contributed by atoms with Crippen molar-refractivity contribution >= 4 is 11.0 Å². The zero-order valence-corrected chi connectivity index (χ0v) is 10.5. The summed E-state index contributed by atoms with van der Waals surface area (Å²) in [6.45, 7) is 2.69. The zero-order valence-electron chi connectivity index (χ0n) is 10.5. The first-order chi connectivity index (χ1) is 9.28. The number of para-hydroxylation sites is 2. The summed E-state index contributed by atoms with van der Waals surface area (Å²) < 4.78 is 2.14. The molecule has 0 aliphatic carbocycles. The molecule has 4 nitrogen and oxygen atoms in total. The molecule has 0 saturated carbocycles. The van der Waals surface area contributed by atoms with Crippen molar-refractivity contribution in [3.63, 3.8) is 0 Å². The van der Waals surface area contributed by atoms with Crippen LogP contribution >= 0.6 is 0 Å². The average Bonchev–Trinajstić information content (AvgIpc) is 2.76. The fraction of sp³-hybridized carbons (Fsp3) is 0.133. The van der Waals surface area contributed by atoms with Gasteiger partial charge in [-0.05, 0) is 36.8 Å². The molecule has 0 aliphatic rings. The van der Waals surface area contributed by atoms with Crippen LogP contribution in [0.2, 0.25) is 0 Å². The fourth-order valence-corrected chi connectivity index (χ4v) is 2.21. The van der Waals surface area contributed by atoms with Crippen molar-refractivity contribution in [1.82, 2.24) is 14.5 Å². The molecule has 92 valence electrons. The fourth-order valence-electron chi connectivity index (χ4n) is 2.21. The summed E-state index contributed by atoms with van der Waals surface area (Å²) >= 11 is 0. The van der Waals surface area contributed by atoms with Gasteiger partial charge in [0, 0.05) is 12.7 Å². The summed E-state index contributed by atoms with van der Waals surface area (Å²) in [5, 5.41) is 8.88. The smallest absolute Gasteiger partial charge is 0.140 e. The van der Waals surface area contributed by atoms with Gasteiger partial charge in [0.25, 0.3) is 0 Å². The molecule has 4 heteroatoms. The summed E-state index contributed by atoms with van der Waals surface area (Å²) in [4.78, 5) is 8.52. The van der Waals surface area contributed by atoms with Crippen LogP contribution in [0.3, 0.4) is 0 Å². The molecule has 3 aromatic rings. The van der Waals surface area contributed by atoms with Crippen LogP contribution in [0.15, 0.2) is 42.6 Å². The molecule has 0 fully saturated rings. The maximum absolute atomic E-state index is 8.88. The van der Waals surface area contributed by atoms with E-state index in [1.165, 1.54) is 0 Å². The van der Waals surface area contributed by atoms with Crippen LogP contribution in [0.5, 0.6) is 0 Å². The molecule has 0 atom stereocenters. The number of fused-ring (bicyclic) bond motifs is 1. The van der Waals surface area contributed by atoms with E-state index >= 15 is 0 Å². The average molecular weight is 248 g/mol. The molecule has 0 saturated heterocycles. The van der Waals surface area contributed by atoms with E-state index < -0.39 is 0 Å². The zero-order chi connectivity index (χ0) is 13.2. The third-order valence-electron chi connectivity index (χ3n) is 3.12. The number of nitriles is 1. The highest BCUT2D eigenvalue weighted by atomic mass is 15.1. The molecule has 0 aliphatic heterocycles. The highest BCUT2D eigenvalue weighted by Crippen LogP contribution is 2.17. The number of nitrogens with zero attached hydrogens (tertiary/aromatic N) is 4. The van der Waals surface area contributed by atoms with Crippen molar-refractivity contribution in [2.45, 2.75) is 13.5 Å². The molecule has 0 bridgehead atoms. The molecular weight excluding hydrogens is 236 g/mol.